The summed E-state index contributed by atoms with van der Waals surface area (Å²) in [5.74, 6) is -1.71. The van der Waals surface area contributed by atoms with E-state index in [0.29, 0.717) is 29.0 Å². The molecule has 2 atom stereocenters. The van der Waals surface area contributed by atoms with Crippen molar-refractivity contribution in [1.29, 1.82) is 0 Å². The van der Waals surface area contributed by atoms with Crippen LogP contribution >= 0.6 is 0 Å². The maximum atomic E-state index is 14.6. The van der Waals surface area contributed by atoms with Gasteiger partial charge in [-0.2, -0.15) is 9.49 Å². The molecular weight excluding hydrogens is 442 g/mol. The van der Waals surface area contributed by atoms with E-state index in [1.165, 1.54) is 29.2 Å². The molecule has 0 bridgehead atoms. The lowest BCUT2D eigenvalue weighted by Crippen LogP contribution is -2.47. The highest BCUT2D eigenvalue weighted by atomic mass is 19.1. The smallest absolute Gasteiger partial charge is 0.254 e. The van der Waals surface area contributed by atoms with E-state index < -0.39 is 23.8 Å². The van der Waals surface area contributed by atoms with Gasteiger partial charge in [-0.1, -0.05) is 0 Å². The first-order valence-electron chi connectivity index (χ1n) is 11.4. The van der Waals surface area contributed by atoms with Crippen LogP contribution in [0, 0.1) is 18.7 Å². The number of piperidine rings is 1. The van der Waals surface area contributed by atoms with E-state index in [1.807, 2.05) is 0 Å². The van der Waals surface area contributed by atoms with Gasteiger partial charge in [0.1, 0.15) is 5.82 Å². The Morgan fingerprint density at radius 3 is 2.79 bits per heavy atom. The lowest BCUT2D eigenvalue weighted by molar-refractivity contribution is 0.0947. The van der Waals surface area contributed by atoms with Gasteiger partial charge in [-0.25, -0.2) is 14.1 Å². The summed E-state index contributed by atoms with van der Waals surface area (Å²) in [5, 5.41) is 23.6. The molecule has 1 aromatic carbocycles. The average molecular weight is 469 g/mol. The van der Waals surface area contributed by atoms with Gasteiger partial charge >= 0.3 is 0 Å². The number of amides is 1. The number of anilines is 1. The van der Waals surface area contributed by atoms with Gasteiger partial charge in [-0.05, 0) is 56.5 Å². The Morgan fingerprint density at radius 1 is 1.21 bits per heavy atom. The van der Waals surface area contributed by atoms with E-state index in [9.17, 15) is 18.7 Å². The summed E-state index contributed by atoms with van der Waals surface area (Å²) in [5.41, 5.74) is 2.37. The average Bonchev–Trinajstić information content (AvgIpc) is 3.49. The fourth-order valence-corrected chi connectivity index (χ4v) is 4.12. The second-order valence-corrected chi connectivity index (χ2v) is 8.91. The van der Waals surface area contributed by atoms with Gasteiger partial charge in [-0.3, -0.25) is 4.79 Å². The van der Waals surface area contributed by atoms with Crippen LogP contribution in [0.25, 0.3) is 16.8 Å². The number of carbonyl (C=O) groups excluding carboxylic acids is 1. The number of benzene rings is 1. The number of hydrogen-bond donors (Lipinski definition) is 4. The molecule has 8 nitrogen and oxygen atoms in total. The normalized spacial score (nSPS) is 20.2. The van der Waals surface area contributed by atoms with E-state index in [-0.39, 0.29) is 23.2 Å². The van der Waals surface area contributed by atoms with E-state index in [4.69, 9.17) is 0 Å². The second-order valence-electron chi connectivity index (χ2n) is 8.91. The molecule has 1 amide bonds. The van der Waals surface area contributed by atoms with Gasteiger partial charge < -0.3 is 21.1 Å². The van der Waals surface area contributed by atoms with Gasteiger partial charge in [-0.15, -0.1) is 0 Å². The standard InChI is InChI=1S/C24H26F2N6O2/c1-13-6-19(25)18(24(34)31-15-2-3-15)8-21(13)32-12-14(9-29-32)17-7-16(10-28-23(17)26)30-20-4-5-27-11-22(20)33/h6-10,12,15,20,22,27,30,33H,2-5,11H2,1H3,(H,31,34)/t20-,22+/m0/s1. The number of aryl methyl sites for hydroxylation is 1. The summed E-state index contributed by atoms with van der Waals surface area (Å²) >= 11 is 0. The van der Waals surface area contributed by atoms with E-state index >= 15 is 0 Å². The quantitative estimate of drug-likeness (QED) is 0.415. The predicted molar refractivity (Wildman–Crippen MR) is 123 cm³/mol. The maximum absolute atomic E-state index is 14.6. The Labute approximate surface area is 195 Å². The summed E-state index contributed by atoms with van der Waals surface area (Å²) in [7, 11) is 0. The molecule has 2 aromatic heterocycles. The molecule has 1 saturated carbocycles. The Balaban J connectivity index is 1.42. The van der Waals surface area contributed by atoms with Crippen molar-refractivity contribution in [3.05, 3.63) is 59.7 Å². The monoisotopic (exact) mass is 468 g/mol. The molecule has 1 aliphatic carbocycles. The van der Waals surface area contributed by atoms with Crippen molar-refractivity contribution in [1.82, 2.24) is 25.4 Å². The van der Waals surface area contributed by atoms with Crippen LogP contribution in [0.5, 0.6) is 0 Å². The second kappa shape index (κ2) is 9.11. The van der Waals surface area contributed by atoms with Crippen molar-refractivity contribution in [2.45, 2.75) is 44.4 Å². The number of hydrogen-bond acceptors (Lipinski definition) is 6. The van der Waals surface area contributed by atoms with Crippen LogP contribution in [-0.4, -0.2) is 57.1 Å². The first-order chi connectivity index (χ1) is 16.4. The highest BCUT2D eigenvalue weighted by Gasteiger charge is 2.26. The predicted octanol–water partition coefficient (Wildman–Crippen LogP) is 2.55. The molecule has 0 spiro atoms. The zero-order valence-electron chi connectivity index (χ0n) is 18.7. The molecule has 0 radical (unpaired) electrons. The van der Waals surface area contributed by atoms with Gasteiger partial charge in [0.2, 0.25) is 5.95 Å². The molecule has 1 aliphatic heterocycles. The van der Waals surface area contributed by atoms with Crippen molar-refractivity contribution in [3.63, 3.8) is 0 Å². The number of nitrogens with one attached hydrogen (secondary N) is 3. The molecule has 10 heteroatoms. The molecule has 5 rings (SSSR count). The van der Waals surface area contributed by atoms with Gasteiger partial charge in [0.15, 0.2) is 0 Å². The number of β-amino-alcohol motifs (C(OH)–C–C–N with tert-alkyl or cyclic N) is 1. The molecule has 4 N–H and O–H groups in total. The fourth-order valence-electron chi connectivity index (χ4n) is 4.12. The van der Waals surface area contributed by atoms with Crippen LogP contribution in [0.4, 0.5) is 14.5 Å². The van der Waals surface area contributed by atoms with E-state index in [1.54, 1.807) is 19.2 Å². The summed E-state index contributed by atoms with van der Waals surface area (Å²) in [6, 6.07) is 4.34. The number of aromatic nitrogens is 3. The minimum Gasteiger partial charge on any atom is -0.390 e. The first kappa shape index (κ1) is 22.4. The molecule has 2 aliphatic rings. The zero-order valence-corrected chi connectivity index (χ0v) is 18.7. The number of rotatable bonds is 6. The Kier molecular flexibility index (Phi) is 6.01. The topological polar surface area (TPSA) is 104 Å². The van der Waals surface area contributed by atoms with Crippen LogP contribution < -0.4 is 16.0 Å². The SMILES string of the molecule is Cc1cc(F)c(C(=O)NC2CC2)cc1-n1cc(-c2cc(N[C@H]3CCNC[C@H]3O)cnc2F)cn1. The van der Waals surface area contributed by atoms with Crippen molar-refractivity contribution in [2.24, 2.45) is 0 Å². The highest BCUT2D eigenvalue weighted by Crippen LogP contribution is 2.28. The largest absolute Gasteiger partial charge is 0.390 e. The number of nitrogens with zero attached hydrogens (tertiary/aromatic N) is 3. The number of carbonyl (C=O) groups is 1. The third-order valence-corrected chi connectivity index (χ3v) is 6.22. The Hall–Kier alpha value is -3.37. The zero-order chi connectivity index (χ0) is 23.8. The first-order valence-corrected chi connectivity index (χ1v) is 11.4. The maximum Gasteiger partial charge on any atom is 0.254 e. The van der Waals surface area contributed by atoms with Crippen LogP contribution in [0.2, 0.25) is 0 Å². The van der Waals surface area contributed by atoms with Gasteiger partial charge in [0.05, 0.1) is 41.5 Å². The van der Waals surface area contributed by atoms with Gasteiger partial charge in [0.25, 0.3) is 5.91 Å². The van der Waals surface area contributed by atoms with Gasteiger partial charge in [0, 0.05) is 29.9 Å². The molecule has 1 saturated heterocycles. The third kappa shape index (κ3) is 4.64. The summed E-state index contributed by atoms with van der Waals surface area (Å²) in [4.78, 5) is 16.3. The fraction of sp³-hybridized carbons (Fsp3) is 0.375. The van der Waals surface area contributed by atoms with Crippen molar-refractivity contribution in [2.75, 3.05) is 18.4 Å². The number of aliphatic hydroxyl groups excluding tert-OH is 1. The van der Waals surface area contributed by atoms with Crippen LogP contribution in [0.3, 0.4) is 0 Å². The van der Waals surface area contributed by atoms with Crippen molar-refractivity contribution in [3.8, 4) is 16.8 Å². The third-order valence-electron chi connectivity index (χ3n) is 6.22. The summed E-state index contributed by atoms with van der Waals surface area (Å²) < 4.78 is 30.6. The Morgan fingerprint density at radius 2 is 2.03 bits per heavy atom. The number of aliphatic hydroxyl groups is 1. The highest BCUT2D eigenvalue weighted by molar-refractivity contribution is 5.95. The molecule has 3 aromatic rings. The van der Waals surface area contributed by atoms with E-state index in [0.717, 1.165) is 25.8 Å². The lowest BCUT2D eigenvalue weighted by atomic mass is 10.0. The van der Waals surface area contributed by atoms with Crippen LogP contribution in [0.1, 0.15) is 35.2 Å². The Bertz CT molecular complexity index is 1230. The van der Waals surface area contributed by atoms with Crippen LogP contribution in [-0.2, 0) is 0 Å². The molecular formula is C24H26F2N6O2. The molecule has 0 unspecified atom stereocenters. The van der Waals surface area contributed by atoms with Crippen molar-refractivity contribution >= 4 is 11.6 Å². The van der Waals surface area contributed by atoms with Crippen LogP contribution in [0.15, 0.2) is 36.8 Å². The molecule has 34 heavy (non-hydrogen) atoms. The lowest BCUT2D eigenvalue weighted by Gasteiger charge is -2.29. The number of halogens is 2. The minimum absolute atomic E-state index is 0.0517. The molecule has 178 valence electrons. The number of pyridine rings is 1. The molecule has 2 fully saturated rings. The van der Waals surface area contributed by atoms with E-state index in [2.05, 4.69) is 26.0 Å². The van der Waals surface area contributed by atoms with Crippen molar-refractivity contribution < 1.29 is 18.7 Å². The minimum atomic E-state index is -0.656. The molecule has 3 heterocycles. The summed E-state index contributed by atoms with van der Waals surface area (Å²) in [6.45, 7) is 2.99. The summed E-state index contributed by atoms with van der Waals surface area (Å²) in [6.07, 6.45) is 6.48.